The van der Waals surface area contributed by atoms with Crippen LogP contribution in [0.15, 0.2) is 0 Å². The summed E-state index contributed by atoms with van der Waals surface area (Å²) in [7, 11) is -3.01. The highest BCUT2D eigenvalue weighted by Crippen LogP contribution is 2.15. The molecule has 0 aromatic heterocycles. The molecule has 15 heavy (non-hydrogen) atoms. The highest BCUT2D eigenvalue weighted by molar-refractivity contribution is 7.91. The predicted octanol–water partition coefficient (Wildman–Crippen LogP) is -1.09. The average molecular weight is 236 g/mol. The SMILES string of the molecule is CCOCC(=O)N(N)C1CCS(=O)(=O)C1. The first-order valence-corrected chi connectivity index (χ1v) is 6.63. The molecule has 7 heteroatoms. The van der Waals surface area contributed by atoms with Gasteiger partial charge in [-0.05, 0) is 13.3 Å². The van der Waals surface area contributed by atoms with Crippen molar-refractivity contribution in [2.45, 2.75) is 19.4 Å². The monoisotopic (exact) mass is 236 g/mol. The van der Waals surface area contributed by atoms with Gasteiger partial charge in [0.2, 0.25) is 0 Å². The number of carbonyl (C=O) groups is 1. The van der Waals surface area contributed by atoms with Gasteiger partial charge in [-0.1, -0.05) is 0 Å². The van der Waals surface area contributed by atoms with E-state index in [4.69, 9.17) is 10.6 Å². The third-order valence-electron chi connectivity index (χ3n) is 2.32. The van der Waals surface area contributed by atoms with Gasteiger partial charge in [-0.2, -0.15) is 0 Å². The summed E-state index contributed by atoms with van der Waals surface area (Å²) in [6, 6.07) is -0.400. The summed E-state index contributed by atoms with van der Waals surface area (Å²) in [6.07, 6.45) is 0.413. The van der Waals surface area contributed by atoms with E-state index in [9.17, 15) is 13.2 Å². The molecule has 2 N–H and O–H groups in total. The molecule has 0 aromatic rings. The molecule has 1 rings (SSSR count). The number of hydrogen-bond acceptors (Lipinski definition) is 5. The molecule has 1 fully saturated rings. The van der Waals surface area contributed by atoms with Crippen molar-refractivity contribution in [1.29, 1.82) is 0 Å². The quantitative estimate of drug-likeness (QED) is 0.380. The van der Waals surface area contributed by atoms with Gasteiger partial charge >= 0.3 is 0 Å². The molecule has 1 aliphatic heterocycles. The van der Waals surface area contributed by atoms with Crippen molar-refractivity contribution in [3.05, 3.63) is 0 Å². The van der Waals surface area contributed by atoms with Crippen LogP contribution in [0.4, 0.5) is 0 Å². The van der Waals surface area contributed by atoms with Crippen LogP contribution < -0.4 is 5.84 Å². The van der Waals surface area contributed by atoms with Crippen molar-refractivity contribution in [2.75, 3.05) is 24.7 Å². The van der Waals surface area contributed by atoms with Crippen LogP contribution in [0.3, 0.4) is 0 Å². The van der Waals surface area contributed by atoms with Gasteiger partial charge in [0.25, 0.3) is 5.91 Å². The molecular weight excluding hydrogens is 220 g/mol. The molecule has 1 aliphatic rings. The van der Waals surface area contributed by atoms with Gasteiger partial charge in [0, 0.05) is 6.61 Å². The van der Waals surface area contributed by atoms with Gasteiger partial charge in [0.1, 0.15) is 6.61 Å². The first kappa shape index (κ1) is 12.4. The molecular formula is C8H16N2O4S. The molecule has 1 saturated heterocycles. The molecule has 0 radical (unpaired) electrons. The second-order valence-electron chi connectivity index (χ2n) is 3.50. The zero-order valence-electron chi connectivity index (χ0n) is 8.68. The Hall–Kier alpha value is -0.660. The maximum atomic E-state index is 11.4. The van der Waals surface area contributed by atoms with E-state index in [2.05, 4.69) is 0 Å². The van der Waals surface area contributed by atoms with Crippen LogP contribution in [0.1, 0.15) is 13.3 Å². The number of hydrazine groups is 1. The van der Waals surface area contributed by atoms with E-state index in [1.807, 2.05) is 0 Å². The van der Waals surface area contributed by atoms with E-state index in [-0.39, 0.29) is 24.0 Å². The Morgan fingerprint density at radius 2 is 2.27 bits per heavy atom. The molecule has 88 valence electrons. The van der Waals surface area contributed by atoms with Gasteiger partial charge in [-0.25, -0.2) is 14.3 Å². The number of nitrogens with zero attached hydrogens (tertiary/aromatic N) is 1. The van der Waals surface area contributed by atoms with Crippen LogP contribution in [0.5, 0.6) is 0 Å². The smallest absolute Gasteiger partial charge is 0.262 e. The lowest BCUT2D eigenvalue weighted by atomic mass is 10.2. The molecule has 1 heterocycles. The van der Waals surface area contributed by atoms with Crippen LogP contribution in [0, 0.1) is 0 Å². The molecule has 0 aromatic carbocycles. The number of rotatable bonds is 4. The zero-order valence-corrected chi connectivity index (χ0v) is 9.50. The summed E-state index contributed by atoms with van der Waals surface area (Å²) in [5.74, 6) is 5.21. The molecule has 1 atom stereocenters. The minimum Gasteiger partial charge on any atom is -0.372 e. The van der Waals surface area contributed by atoms with Gasteiger partial charge < -0.3 is 4.74 Å². The predicted molar refractivity (Wildman–Crippen MR) is 54.6 cm³/mol. The van der Waals surface area contributed by atoms with Crippen LogP contribution in [0.25, 0.3) is 0 Å². The third-order valence-corrected chi connectivity index (χ3v) is 4.07. The standard InChI is InChI=1S/C8H16N2O4S/c1-2-14-5-8(11)10(9)7-3-4-15(12,13)6-7/h7H,2-6,9H2,1H3. The van der Waals surface area contributed by atoms with Crippen molar-refractivity contribution in [1.82, 2.24) is 5.01 Å². The van der Waals surface area contributed by atoms with E-state index in [1.54, 1.807) is 6.92 Å². The summed E-state index contributed by atoms with van der Waals surface area (Å²) in [6.45, 7) is 2.11. The van der Waals surface area contributed by atoms with Gasteiger partial charge in [0.05, 0.1) is 17.5 Å². The van der Waals surface area contributed by atoms with Crippen molar-refractivity contribution < 1.29 is 17.9 Å². The minimum atomic E-state index is -3.01. The number of nitrogens with two attached hydrogens (primary N) is 1. The highest BCUT2D eigenvalue weighted by atomic mass is 32.2. The molecule has 0 saturated carbocycles. The molecule has 0 spiro atoms. The maximum absolute atomic E-state index is 11.4. The van der Waals surface area contributed by atoms with Crippen molar-refractivity contribution >= 4 is 15.7 Å². The van der Waals surface area contributed by atoms with E-state index in [0.29, 0.717) is 13.0 Å². The topological polar surface area (TPSA) is 89.7 Å². The van der Waals surface area contributed by atoms with Crippen LogP contribution in [-0.4, -0.2) is 50.1 Å². The third kappa shape index (κ3) is 3.44. The fourth-order valence-corrected chi connectivity index (χ4v) is 3.17. The fraction of sp³-hybridized carbons (Fsp3) is 0.875. The van der Waals surface area contributed by atoms with E-state index < -0.39 is 15.9 Å². The minimum absolute atomic E-state index is 0.0403. The summed E-state index contributed by atoms with van der Waals surface area (Å²) >= 11 is 0. The second-order valence-corrected chi connectivity index (χ2v) is 5.72. The molecule has 1 unspecified atom stereocenters. The van der Waals surface area contributed by atoms with Gasteiger partial charge in [-0.3, -0.25) is 9.80 Å². The van der Waals surface area contributed by atoms with E-state index in [1.165, 1.54) is 0 Å². The lowest BCUT2D eigenvalue weighted by molar-refractivity contribution is -0.138. The van der Waals surface area contributed by atoms with Crippen LogP contribution in [0.2, 0.25) is 0 Å². The molecule has 0 bridgehead atoms. The Bertz CT molecular complexity index is 328. The Balaban J connectivity index is 2.47. The maximum Gasteiger partial charge on any atom is 0.262 e. The largest absolute Gasteiger partial charge is 0.372 e. The number of sulfone groups is 1. The van der Waals surface area contributed by atoms with Gasteiger partial charge in [-0.15, -0.1) is 0 Å². The fourth-order valence-electron chi connectivity index (χ4n) is 1.46. The van der Waals surface area contributed by atoms with Crippen LogP contribution in [-0.2, 0) is 19.4 Å². The first-order chi connectivity index (χ1) is 6.96. The summed E-state index contributed by atoms with van der Waals surface area (Å²) in [4.78, 5) is 11.4. The van der Waals surface area contributed by atoms with E-state index in [0.717, 1.165) is 5.01 Å². The molecule has 6 nitrogen and oxygen atoms in total. The van der Waals surface area contributed by atoms with Crippen molar-refractivity contribution in [2.24, 2.45) is 5.84 Å². The Morgan fingerprint density at radius 1 is 1.60 bits per heavy atom. The summed E-state index contributed by atoms with van der Waals surface area (Å²) in [5.41, 5.74) is 0. The van der Waals surface area contributed by atoms with E-state index >= 15 is 0 Å². The number of amides is 1. The van der Waals surface area contributed by atoms with Gasteiger partial charge in [0.15, 0.2) is 9.84 Å². The Kier molecular flexibility index (Phi) is 4.06. The van der Waals surface area contributed by atoms with Crippen molar-refractivity contribution in [3.63, 3.8) is 0 Å². The van der Waals surface area contributed by atoms with Crippen molar-refractivity contribution in [3.8, 4) is 0 Å². The number of ether oxygens (including phenoxy) is 1. The number of hydrogen-bond donors (Lipinski definition) is 1. The number of carbonyl (C=O) groups excluding carboxylic acids is 1. The lowest BCUT2D eigenvalue weighted by Gasteiger charge is -2.22. The summed E-state index contributed by atoms with van der Waals surface area (Å²) in [5, 5.41) is 0.986. The first-order valence-electron chi connectivity index (χ1n) is 4.81. The summed E-state index contributed by atoms with van der Waals surface area (Å²) < 4.78 is 27.2. The highest BCUT2D eigenvalue weighted by Gasteiger charge is 2.33. The van der Waals surface area contributed by atoms with Crippen LogP contribution >= 0.6 is 0 Å². The Morgan fingerprint density at radius 3 is 2.73 bits per heavy atom. The Labute approximate surface area is 89.3 Å². The lowest BCUT2D eigenvalue weighted by Crippen LogP contribution is -2.47. The second kappa shape index (κ2) is 4.91. The average Bonchev–Trinajstić information content (AvgIpc) is 2.54. The molecule has 0 aliphatic carbocycles. The molecule has 1 amide bonds. The zero-order chi connectivity index (χ0) is 11.5. The normalized spacial score (nSPS) is 24.0.